The van der Waals surface area contributed by atoms with Crippen molar-refractivity contribution in [3.8, 4) is 0 Å². The Morgan fingerprint density at radius 2 is 1.41 bits per heavy atom. The van der Waals surface area contributed by atoms with E-state index < -0.39 is 59.9 Å². The summed E-state index contributed by atoms with van der Waals surface area (Å²) in [6.45, 7) is 2.57. The Labute approximate surface area is 261 Å². The molecule has 244 valence electrons. The van der Waals surface area contributed by atoms with Crippen molar-refractivity contribution in [2.24, 2.45) is 5.92 Å². The molecule has 0 spiro atoms. The van der Waals surface area contributed by atoms with Gasteiger partial charge < -0.3 is 14.5 Å². The average molecular weight is 648 g/mol. The monoisotopic (exact) mass is 647 g/mol. The van der Waals surface area contributed by atoms with Crippen LogP contribution in [0.1, 0.15) is 40.3 Å². The molecule has 0 aliphatic carbocycles. The van der Waals surface area contributed by atoms with Crippen LogP contribution in [0.3, 0.4) is 0 Å². The summed E-state index contributed by atoms with van der Waals surface area (Å²) in [5.41, 5.74) is -0.943. The first-order chi connectivity index (χ1) is 21.6. The molecule has 2 aliphatic rings. The van der Waals surface area contributed by atoms with Crippen LogP contribution in [0.2, 0.25) is 0 Å². The number of piperazine rings is 1. The fourth-order valence-electron chi connectivity index (χ4n) is 5.88. The van der Waals surface area contributed by atoms with Gasteiger partial charge in [-0.15, -0.1) is 0 Å². The molecule has 2 aliphatic heterocycles. The van der Waals surface area contributed by atoms with Gasteiger partial charge in [0.1, 0.15) is 18.8 Å². The van der Waals surface area contributed by atoms with Crippen LogP contribution in [-0.2, 0) is 46.3 Å². The topological polar surface area (TPSA) is 70.2 Å². The molecule has 0 unspecified atom stereocenters. The number of fused-ring (bicyclic) bond motifs is 1. The Balaban J connectivity index is 1.43. The zero-order chi connectivity index (χ0) is 33.4. The maximum Gasteiger partial charge on any atom is 0.416 e. The van der Waals surface area contributed by atoms with Crippen LogP contribution in [0, 0.1) is 12.8 Å². The molecular weight excluding hydrogens is 616 g/mol. The highest BCUT2D eigenvalue weighted by molar-refractivity contribution is 5.91. The zero-order valence-electron chi connectivity index (χ0n) is 24.9. The number of alkyl halides is 6. The van der Waals surface area contributed by atoms with Crippen molar-refractivity contribution in [2.45, 2.75) is 58.0 Å². The van der Waals surface area contributed by atoms with Crippen LogP contribution in [0.4, 0.5) is 31.1 Å². The van der Waals surface area contributed by atoms with Crippen molar-refractivity contribution >= 4 is 17.9 Å². The highest BCUT2D eigenvalue weighted by atomic mass is 19.4. The first-order valence-corrected chi connectivity index (χ1v) is 14.5. The van der Waals surface area contributed by atoms with Crippen LogP contribution in [0.15, 0.2) is 72.8 Å². The van der Waals surface area contributed by atoms with Crippen molar-refractivity contribution in [3.63, 3.8) is 0 Å². The van der Waals surface area contributed by atoms with E-state index >= 15 is 0 Å². The number of hydrogen-bond acceptors (Lipinski definition) is 4. The van der Waals surface area contributed by atoms with Gasteiger partial charge in [0.2, 0.25) is 11.8 Å². The molecule has 3 aromatic rings. The maximum atomic E-state index is 13.8. The van der Waals surface area contributed by atoms with Crippen LogP contribution < -0.4 is 0 Å². The number of nitrogens with zero attached hydrogens (tertiary/aromatic N) is 3. The summed E-state index contributed by atoms with van der Waals surface area (Å²) in [4.78, 5) is 45.0. The summed E-state index contributed by atoms with van der Waals surface area (Å²) in [6.07, 6.45) is -11.9. The fraction of sp³-hybridized carbons (Fsp3) is 0.364. The molecule has 5 rings (SSSR count). The number of aryl methyl sites for hydroxylation is 1. The third-order valence-electron chi connectivity index (χ3n) is 8.23. The Kier molecular flexibility index (Phi) is 9.05. The van der Waals surface area contributed by atoms with Crippen LogP contribution in [0.25, 0.3) is 0 Å². The lowest BCUT2D eigenvalue weighted by Gasteiger charge is -2.53. The van der Waals surface area contributed by atoms with Gasteiger partial charge >= 0.3 is 18.4 Å². The summed E-state index contributed by atoms with van der Waals surface area (Å²) in [7, 11) is 0. The first kappa shape index (κ1) is 32.8. The number of hydrogen-bond donors (Lipinski definition) is 0. The third-order valence-corrected chi connectivity index (χ3v) is 8.23. The molecule has 7 nitrogen and oxygen atoms in total. The molecule has 46 heavy (non-hydrogen) atoms. The maximum absolute atomic E-state index is 13.8. The second kappa shape index (κ2) is 12.7. The van der Waals surface area contributed by atoms with Gasteiger partial charge in [-0.3, -0.25) is 14.5 Å². The van der Waals surface area contributed by atoms with E-state index in [1.165, 1.54) is 14.7 Å². The standard InChI is InChI=1S/C33H31F6N3O4/c1-20-8-10-22(11-9-20)12-25-17-41(31(45)46-19-24-13-26(32(34,35)36)15-27(14-24)33(37,38)39)28-18-40(16-23-6-4-3-5-7-23)29(43)21(2)42(28)30(25)44/h3-11,13-15,21,25,28H,12,16-19H2,1-2H3/t21-,25+,28+/m0/s1. The second-order valence-corrected chi connectivity index (χ2v) is 11.6. The number of ether oxygens (including phenoxy) is 1. The van der Waals surface area contributed by atoms with E-state index in [4.69, 9.17) is 4.74 Å². The van der Waals surface area contributed by atoms with Crippen LogP contribution in [-0.4, -0.2) is 57.9 Å². The Morgan fingerprint density at radius 1 is 0.804 bits per heavy atom. The summed E-state index contributed by atoms with van der Waals surface area (Å²) in [5, 5.41) is 0. The minimum Gasteiger partial charge on any atom is -0.444 e. The molecule has 3 amide bonds. The highest BCUT2D eigenvalue weighted by Gasteiger charge is 2.50. The molecule has 0 radical (unpaired) electrons. The molecule has 0 saturated carbocycles. The molecule has 2 saturated heterocycles. The lowest BCUT2D eigenvalue weighted by molar-refractivity contribution is -0.172. The summed E-state index contributed by atoms with van der Waals surface area (Å²) in [5.74, 6) is -1.46. The van der Waals surface area contributed by atoms with Crippen molar-refractivity contribution in [1.82, 2.24) is 14.7 Å². The lowest BCUT2D eigenvalue weighted by atomic mass is 9.92. The SMILES string of the molecule is Cc1ccc(C[C@@H]2CN(C(=O)OCc3cc(C(F)(F)F)cc(C(F)(F)F)c3)[C@H]3CN(Cc4ccccc4)C(=O)[C@H](C)N3C2=O)cc1. The molecule has 3 aromatic carbocycles. The van der Waals surface area contributed by atoms with Gasteiger partial charge in [0.05, 0.1) is 23.6 Å². The number of rotatable bonds is 6. The second-order valence-electron chi connectivity index (χ2n) is 11.6. The average Bonchev–Trinajstić information content (AvgIpc) is 3.00. The van der Waals surface area contributed by atoms with Crippen LogP contribution >= 0.6 is 0 Å². The quantitative estimate of drug-likeness (QED) is 0.290. The fourth-order valence-corrected chi connectivity index (χ4v) is 5.88. The van der Waals surface area contributed by atoms with Gasteiger partial charge in [-0.25, -0.2) is 4.79 Å². The molecule has 0 bridgehead atoms. The molecule has 0 N–H and O–H groups in total. The van der Waals surface area contributed by atoms with Crippen LogP contribution in [0.5, 0.6) is 0 Å². The first-order valence-electron chi connectivity index (χ1n) is 14.5. The van der Waals surface area contributed by atoms with Gasteiger partial charge in [-0.2, -0.15) is 26.3 Å². The number of carbonyl (C=O) groups is 3. The molecular formula is C33H31F6N3O4. The van der Waals surface area contributed by atoms with Crippen molar-refractivity contribution < 1.29 is 45.5 Å². The minimum atomic E-state index is -5.07. The van der Waals surface area contributed by atoms with Gasteiger partial charge in [-0.05, 0) is 55.2 Å². The third kappa shape index (κ3) is 7.13. The molecule has 2 heterocycles. The summed E-state index contributed by atoms with van der Waals surface area (Å²) in [6, 6.07) is 16.5. The number of carbonyl (C=O) groups excluding carboxylic acids is 3. The summed E-state index contributed by atoms with van der Waals surface area (Å²) < 4.78 is 85.7. The Bertz CT molecular complexity index is 1560. The van der Waals surface area contributed by atoms with Crippen molar-refractivity contribution in [3.05, 3.63) is 106 Å². The van der Waals surface area contributed by atoms with E-state index in [0.717, 1.165) is 16.7 Å². The van der Waals surface area contributed by atoms with Crippen molar-refractivity contribution in [2.75, 3.05) is 13.1 Å². The van der Waals surface area contributed by atoms with E-state index in [-0.39, 0.29) is 43.9 Å². The van der Waals surface area contributed by atoms with Gasteiger partial charge in [-0.1, -0.05) is 60.2 Å². The highest BCUT2D eigenvalue weighted by Crippen LogP contribution is 2.37. The predicted octanol–water partition coefficient (Wildman–Crippen LogP) is 6.43. The normalized spacial score (nSPS) is 20.5. The smallest absolute Gasteiger partial charge is 0.416 e. The number of benzene rings is 3. The van der Waals surface area contributed by atoms with Gasteiger partial charge in [0.25, 0.3) is 0 Å². The Hall–Kier alpha value is -4.55. The minimum absolute atomic E-state index is 0.00311. The molecule has 13 heteroatoms. The van der Waals surface area contributed by atoms with E-state index in [2.05, 4.69) is 0 Å². The molecule has 2 fully saturated rings. The molecule has 3 atom stereocenters. The lowest BCUT2D eigenvalue weighted by Crippen LogP contribution is -2.72. The zero-order valence-corrected chi connectivity index (χ0v) is 24.9. The molecule has 0 aromatic heterocycles. The van der Waals surface area contributed by atoms with E-state index in [1.54, 1.807) is 19.1 Å². The van der Waals surface area contributed by atoms with E-state index in [1.807, 2.05) is 49.4 Å². The predicted molar refractivity (Wildman–Crippen MR) is 154 cm³/mol. The van der Waals surface area contributed by atoms with Crippen molar-refractivity contribution in [1.29, 1.82) is 0 Å². The van der Waals surface area contributed by atoms with Gasteiger partial charge in [0, 0.05) is 13.1 Å². The van der Waals surface area contributed by atoms with Gasteiger partial charge in [0.15, 0.2) is 0 Å². The summed E-state index contributed by atoms with van der Waals surface area (Å²) >= 11 is 0. The van der Waals surface area contributed by atoms with E-state index in [9.17, 15) is 40.7 Å². The Morgan fingerprint density at radius 3 is 2.00 bits per heavy atom. The number of halogens is 6. The van der Waals surface area contributed by atoms with E-state index in [0.29, 0.717) is 12.1 Å². The largest absolute Gasteiger partial charge is 0.444 e. The number of amides is 3.